The molecule has 1 fully saturated rings. The Morgan fingerprint density at radius 2 is 2.00 bits per heavy atom. The number of nitrogens with one attached hydrogen (secondary N) is 1. The summed E-state index contributed by atoms with van der Waals surface area (Å²) >= 11 is 1.97. The number of hydrogen-bond acceptors (Lipinski definition) is 4. The minimum absolute atomic E-state index is 0.0848. The monoisotopic (exact) mass is 280 g/mol. The number of amidine groups is 1. The lowest BCUT2D eigenvalue weighted by atomic mass is 10.2. The van der Waals surface area contributed by atoms with Gasteiger partial charge in [-0.1, -0.05) is 0 Å². The van der Waals surface area contributed by atoms with Gasteiger partial charge in [-0.25, -0.2) is 0 Å². The molecule has 104 valence electrons. The molecular formula is C14H20N2O2S. The van der Waals surface area contributed by atoms with Gasteiger partial charge in [-0.15, -0.1) is 0 Å². The maximum Gasteiger partial charge on any atom is 0.122 e. The Morgan fingerprint density at radius 1 is 1.32 bits per heavy atom. The molecule has 0 saturated carbocycles. The zero-order chi connectivity index (χ0) is 13.5. The highest BCUT2D eigenvalue weighted by Gasteiger charge is 2.13. The molecule has 5 heteroatoms. The Kier molecular flexibility index (Phi) is 5.54. The molecule has 1 aliphatic heterocycles. The maximum absolute atomic E-state index is 7.31. The summed E-state index contributed by atoms with van der Waals surface area (Å²) in [6.07, 6.45) is 2.30. The molecule has 2 rings (SSSR count). The molecule has 3 N–H and O–H groups in total. The van der Waals surface area contributed by atoms with Crippen LogP contribution in [0.2, 0.25) is 0 Å². The minimum Gasteiger partial charge on any atom is -0.493 e. The Bertz CT molecular complexity index is 402. The van der Waals surface area contributed by atoms with E-state index in [1.165, 1.54) is 0 Å². The summed E-state index contributed by atoms with van der Waals surface area (Å²) in [4.78, 5) is 0. The van der Waals surface area contributed by atoms with Crippen molar-refractivity contribution in [1.29, 1.82) is 5.41 Å². The third kappa shape index (κ3) is 4.76. The third-order valence-electron chi connectivity index (χ3n) is 3.04. The molecule has 0 spiro atoms. The predicted molar refractivity (Wildman–Crippen MR) is 79.3 cm³/mol. The van der Waals surface area contributed by atoms with Crippen LogP contribution in [0, 0.1) is 5.41 Å². The zero-order valence-electron chi connectivity index (χ0n) is 10.9. The molecule has 1 aliphatic rings. The molecule has 0 unspecified atom stereocenters. The van der Waals surface area contributed by atoms with Crippen LogP contribution in [-0.4, -0.2) is 36.7 Å². The van der Waals surface area contributed by atoms with E-state index in [-0.39, 0.29) is 5.84 Å². The highest BCUT2D eigenvalue weighted by Crippen LogP contribution is 2.22. The van der Waals surface area contributed by atoms with Crippen molar-refractivity contribution in [3.63, 3.8) is 0 Å². The average molecular weight is 280 g/mol. The van der Waals surface area contributed by atoms with Crippen LogP contribution in [0.1, 0.15) is 18.4 Å². The third-order valence-corrected chi connectivity index (χ3v) is 4.38. The fourth-order valence-corrected chi connectivity index (χ4v) is 2.99. The Labute approximate surface area is 118 Å². The fraction of sp³-hybridized carbons (Fsp3) is 0.500. The molecule has 0 bridgehead atoms. The molecule has 1 aromatic rings. The second-order valence-corrected chi connectivity index (χ2v) is 5.88. The first-order valence-corrected chi connectivity index (χ1v) is 7.57. The van der Waals surface area contributed by atoms with E-state index >= 15 is 0 Å². The molecule has 0 aromatic heterocycles. The van der Waals surface area contributed by atoms with Crippen molar-refractivity contribution in [3.05, 3.63) is 29.8 Å². The predicted octanol–water partition coefficient (Wildman–Crippen LogP) is 2.26. The van der Waals surface area contributed by atoms with Gasteiger partial charge >= 0.3 is 0 Å². The number of benzene rings is 1. The number of nitrogen functional groups attached to an aromatic ring is 1. The summed E-state index contributed by atoms with van der Waals surface area (Å²) in [5.74, 6) is 1.92. The number of rotatable bonds is 6. The Hall–Kier alpha value is -1.20. The van der Waals surface area contributed by atoms with Crippen LogP contribution in [0.4, 0.5) is 0 Å². The van der Waals surface area contributed by atoms with Crippen molar-refractivity contribution in [2.75, 3.05) is 25.6 Å². The Morgan fingerprint density at radius 3 is 2.63 bits per heavy atom. The quantitative estimate of drug-likeness (QED) is 0.476. The van der Waals surface area contributed by atoms with Gasteiger partial charge in [-0.3, -0.25) is 5.41 Å². The highest BCUT2D eigenvalue weighted by atomic mass is 32.2. The van der Waals surface area contributed by atoms with Gasteiger partial charge in [-0.2, -0.15) is 11.8 Å². The normalized spacial score (nSPS) is 16.2. The molecule has 0 atom stereocenters. The van der Waals surface area contributed by atoms with Crippen LogP contribution in [-0.2, 0) is 4.74 Å². The molecule has 0 radical (unpaired) electrons. The lowest BCUT2D eigenvalue weighted by Gasteiger charge is -2.21. The standard InChI is InChI=1S/C14H20N2O2S/c15-14(16)11-1-3-12(4-2-11)18-9-10-19-13-5-7-17-8-6-13/h1-4,13H,5-10H2,(H3,15,16). The smallest absolute Gasteiger partial charge is 0.122 e. The van der Waals surface area contributed by atoms with E-state index in [0.717, 1.165) is 48.4 Å². The molecule has 19 heavy (non-hydrogen) atoms. The second-order valence-electron chi connectivity index (χ2n) is 4.47. The molecule has 0 amide bonds. The lowest BCUT2D eigenvalue weighted by molar-refractivity contribution is 0.1000. The van der Waals surface area contributed by atoms with E-state index in [0.29, 0.717) is 6.61 Å². The average Bonchev–Trinajstić information content (AvgIpc) is 2.45. The lowest BCUT2D eigenvalue weighted by Crippen LogP contribution is -2.18. The topological polar surface area (TPSA) is 68.3 Å². The van der Waals surface area contributed by atoms with E-state index in [1.807, 2.05) is 36.0 Å². The SMILES string of the molecule is N=C(N)c1ccc(OCCSC2CCOCC2)cc1. The van der Waals surface area contributed by atoms with Crippen LogP contribution in [0.25, 0.3) is 0 Å². The largest absolute Gasteiger partial charge is 0.493 e. The second kappa shape index (κ2) is 7.40. The van der Waals surface area contributed by atoms with Crippen molar-refractivity contribution < 1.29 is 9.47 Å². The summed E-state index contributed by atoms with van der Waals surface area (Å²) in [6.45, 7) is 2.50. The summed E-state index contributed by atoms with van der Waals surface area (Å²) in [5, 5.41) is 8.03. The van der Waals surface area contributed by atoms with Gasteiger partial charge in [0.15, 0.2) is 0 Å². The van der Waals surface area contributed by atoms with Crippen LogP contribution < -0.4 is 10.5 Å². The molecule has 0 aliphatic carbocycles. The summed E-state index contributed by atoms with van der Waals surface area (Å²) in [7, 11) is 0. The van der Waals surface area contributed by atoms with Gasteiger partial charge in [0.2, 0.25) is 0 Å². The Balaban J connectivity index is 1.66. The fourth-order valence-electron chi connectivity index (χ4n) is 1.95. The van der Waals surface area contributed by atoms with E-state index in [1.54, 1.807) is 0 Å². The van der Waals surface area contributed by atoms with Crippen molar-refractivity contribution in [2.24, 2.45) is 5.73 Å². The molecular weight excluding hydrogens is 260 g/mol. The molecule has 1 aromatic carbocycles. The van der Waals surface area contributed by atoms with Crippen LogP contribution >= 0.6 is 11.8 Å². The summed E-state index contributed by atoms with van der Waals surface area (Å²) in [5.41, 5.74) is 6.12. The van der Waals surface area contributed by atoms with E-state index < -0.39 is 0 Å². The van der Waals surface area contributed by atoms with Gasteiger partial charge in [-0.05, 0) is 37.1 Å². The first-order chi connectivity index (χ1) is 9.25. The van der Waals surface area contributed by atoms with Gasteiger partial charge in [0.05, 0.1) is 6.61 Å². The van der Waals surface area contributed by atoms with Gasteiger partial charge in [0.1, 0.15) is 11.6 Å². The van der Waals surface area contributed by atoms with Crippen LogP contribution in [0.3, 0.4) is 0 Å². The minimum atomic E-state index is 0.0848. The first-order valence-electron chi connectivity index (χ1n) is 6.52. The molecule has 1 heterocycles. The van der Waals surface area contributed by atoms with Gasteiger partial charge < -0.3 is 15.2 Å². The highest BCUT2D eigenvalue weighted by molar-refractivity contribution is 7.99. The first kappa shape index (κ1) is 14.2. The van der Waals surface area contributed by atoms with E-state index in [4.69, 9.17) is 20.6 Å². The number of ether oxygens (including phenoxy) is 2. The van der Waals surface area contributed by atoms with Crippen LogP contribution in [0.5, 0.6) is 5.75 Å². The number of thioether (sulfide) groups is 1. The zero-order valence-corrected chi connectivity index (χ0v) is 11.7. The molecule has 1 saturated heterocycles. The number of nitrogens with two attached hydrogens (primary N) is 1. The van der Waals surface area contributed by atoms with Gasteiger partial charge in [0.25, 0.3) is 0 Å². The number of hydrogen-bond donors (Lipinski definition) is 2. The van der Waals surface area contributed by atoms with E-state index in [9.17, 15) is 0 Å². The van der Waals surface area contributed by atoms with Gasteiger partial charge in [0, 0.05) is 29.8 Å². The van der Waals surface area contributed by atoms with Crippen molar-refractivity contribution in [1.82, 2.24) is 0 Å². The van der Waals surface area contributed by atoms with Crippen LogP contribution in [0.15, 0.2) is 24.3 Å². The van der Waals surface area contributed by atoms with E-state index in [2.05, 4.69) is 0 Å². The van der Waals surface area contributed by atoms with Crippen molar-refractivity contribution in [3.8, 4) is 5.75 Å². The summed E-state index contributed by atoms with van der Waals surface area (Å²) < 4.78 is 11.0. The van der Waals surface area contributed by atoms with Crippen molar-refractivity contribution in [2.45, 2.75) is 18.1 Å². The van der Waals surface area contributed by atoms with Crippen molar-refractivity contribution >= 4 is 17.6 Å². The summed E-state index contributed by atoms with van der Waals surface area (Å²) in [6, 6.07) is 7.33. The molecule has 4 nitrogen and oxygen atoms in total. The maximum atomic E-state index is 7.31.